The highest BCUT2D eigenvalue weighted by Gasteiger charge is 2.29. The van der Waals surface area contributed by atoms with Crippen LogP contribution in [-0.4, -0.2) is 84.1 Å². The fourth-order valence-electron chi connectivity index (χ4n) is 5.50. The average molecular weight is 600 g/mol. The largest absolute Gasteiger partial charge is 0.466 e. The normalized spacial score (nSPS) is 17.8. The lowest BCUT2D eigenvalue weighted by atomic mass is 9.97. The zero-order valence-corrected chi connectivity index (χ0v) is 26.0. The zero-order valence-electron chi connectivity index (χ0n) is 25.2. The summed E-state index contributed by atoms with van der Waals surface area (Å²) in [5, 5.41) is 0.765. The molecule has 8 nitrogen and oxygen atoms in total. The minimum absolute atomic E-state index is 0.0350. The number of nitrogens with zero attached hydrogens (tertiary/aromatic N) is 5. The molecule has 0 aliphatic carbocycles. The molecule has 0 spiro atoms. The summed E-state index contributed by atoms with van der Waals surface area (Å²) >= 11 is 1.61. The Balaban J connectivity index is 1.11. The average Bonchev–Trinajstić information content (AvgIpc) is 3.04. The molecule has 0 bridgehead atoms. The topological polar surface area (TPSA) is 78.9 Å². The molecule has 43 heavy (non-hydrogen) atoms. The summed E-state index contributed by atoms with van der Waals surface area (Å²) in [5.41, 5.74) is 3.94. The minimum atomic E-state index is -0.238. The standard InChI is InChI=1S/C34H41N5O3S/c1-3-42-33(41)30-12-8-18-39(24-30)32(40)29-15-13-28(14-16-29)25-43-34-35-26(2)23-31(36-34)38-21-19-37(20-22-38)17-7-11-27-9-5-4-6-10-27/h4-7,9-11,13-16,23,30H,3,8,12,17-22,24-25H2,1-2H3/b11-7+. The fraction of sp³-hybridized carbons (Fsp3) is 0.412. The Morgan fingerprint density at radius 1 is 1.00 bits per heavy atom. The van der Waals surface area contributed by atoms with E-state index >= 15 is 0 Å². The number of hydrogen-bond donors (Lipinski definition) is 0. The van der Waals surface area contributed by atoms with E-state index < -0.39 is 0 Å². The molecule has 0 radical (unpaired) electrons. The van der Waals surface area contributed by atoms with Gasteiger partial charge in [0.05, 0.1) is 12.5 Å². The molecule has 9 heteroatoms. The van der Waals surface area contributed by atoms with Crippen molar-refractivity contribution in [2.24, 2.45) is 5.92 Å². The third-order valence-electron chi connectivity index (χ3n) is 7.89. The second kappa shape index (κ2) is 15.2. The van der Waals surface area contributed by atoms with Crippen molar-refractivity contribution < 1.29 is 14.3 Å². The summed E-state index contributed by atoms with van der Waals surface area (Å²) in [6.07, 6.45) is 6.01. The Kier molecular flexibility index (Phi) is 10.8. The summed E-state index contributed by atoms with van der Waals surface area (Å²) in [4.78, 5) is 41.4. The molecule has 226 valence electrons. The van der Waals surface area contributed by atoms with Gasteiger partial charge in [0.15, 0.2) is 5.16 Å². The molecule has 2 aromatic carbocycles. The van der Waals surface area contributed by atoms with E-state index in [9.17, 15) is 9.59 Å². The number of hydrogen-bond acceptors (Lipinski definition) is 8. The molecule has 0 saturated carbocycles. The van der Waals surface area contributed by atoms with Gasteiger partial charge in [-0.15, -0.1) is 0 Å². The Hall–Kier alpha value is -3.69. The second-order valence-corrected chi connectivity index (χ2v) is 12.0. The van der Waals surface area contributed by atoms with Crippen molar-refractivity contribution in [3.63, 3.8) is 0 Å². The first kappa shape index (κ1) is 30.8. The van der Waals surface area contributed by atoms with Gasteiger partial charge in [0.25, 0.3) is 5.91 Å². The molecule has 2 fully saturated rings. The maximum Gasteiger partial charge on any atom is 0.310 e. The van der Waals surface area contributed by atoms with E-state index in [1.54, 1.807) is 16.7 Å². The monoisotopic (exact) mass is 599 g/mol. The van der Waals surface area contributed by atoms with Crippen molar-refractivity contribution in [2.45, 2.75) is 37.6 Å². The fourth-order valence-corrected chi connectivity index (χ4v) is 6.36. The predicted octanol–water partition coefficient (Wildman–Crippen LogP) is 5.33. The molecular formula is C34H41N5O3S. The van der Waals surface area contributed by atoms with Crippen LogP contribution in [0.15, 0.2) is 71.9 Å². The van der Waals surface area contributed by atoms with Crippen LogP contribution in [0.4, 0.5) is 5.82 Å². The number of piperidine rings is 1. The first-order chi connectivity index (χ1) is 21.0. The number of amides is 1. The first-order valence-corrected chi connectivity index (χ1v) is 16.2. The Morgan fingerprint density at radius 2 is 1.77 bits per heavy atom. The molecule has 1 atom stereocenters. The molecule has 2 saturated heterocycles. The van der Waals surface area contributed by atoms with E-state index in [0.717, 1.165) is 67.8 Å². The number of rotatable bonds is 10. The van der Waals surface area contributed by atoms with Crippen LogP contribution in [0.2, 0.25) is 0 Å². The zero-order chi connectivity index (χ0) is 30.0. The first-order valence-electron chi connectivity index (χ1n) is 15.2. The maximum atomic E-state index is 13.1. The van der Waals surface area contributed by atoms with Gasteiger partial charge in [-0.1, -0.05) is 66.4 Å². The Labute approximate surface area is 259 Å². The highest BCUT2D eigenvalue weighted by molar-refractivity contribution is 7.98. The summed E-state index contributed by atoms with van der Waals surface area (Å²) in [5.74, 6) is 1.22. The van der Waals surface area contributed by atoms with Crippen LogP contribution in [0.1, 0.15) is 46.9 Å². The Morgan fingerprint density at radius 3 is 2.51 bits per heavy atom. The third-order valence-corrected chi connectivity index (χ3v) is 8.81. The van der Waals surface area contributed by atoms with Crippen LogP contribution in [-0.2, 0) is 15.3 Å². The Bertz CT molecular complexity index is 1390. The van der Waals surface area contributed by atoms with Gasteiger partial charge in [-0.05, 0) is 49.9 Å². The van der Waals surface area contributed by atoms with Gasteiger partial charge < -0.3 is 14.5 Å². The minimum Gasteiger partial charge on any atom is -0.466 e. The number of piperazine rings is 1. The van der Waals surface area contributed by atoms with Crippen LogP contribution in [0.25, 0.3) is 6.08 Å². The van der Waals surface area contributed by atoms with E-state index in [0.29, 0.717) is 31.0 Å². The van der Waals surface area contributed by atoms with Crippen LogP contribution < -0.4 is 4.90 Å². The lowest BCUT2D eigenvalue weighted by Crippen LogP contribution is -2.46. The molecule has 2 aliphatic heterocycles. The van der Waals surface area contributed by atoms with Gasteiger partial charge in [0.2, 0.25) is 0 Å². The van der Waals surface area contributed by atoms with Gasteiger partial charge in [-0.25, -0.2) is 9.97 Å². The molecule has 5 rings (SSSR count). The maximum absolute atomic E-state index is 13.1. The predicted molar refractivity (Wildman–Crippen MR) is 172 cm³/mol. The summed E-state index contributed by atoms with van der Waals surface area (Å²) < 4.78 is 5.18. The number of aryl methyl sites for hydroxylation is 1. The van der Waals surface area contributed by atoms with Gasteiger partial charge >= 0.3 is 5.97 Å². The number of benzene rings is 2. The van der Waals surface area contributed by atoms with Crippen molar-refractivity contribution in [1.82, 2.24) is 19.8 Å². The van der Waals surface area contributed by atoms with Crippen molar-refractivity contribution in [3.05, 3.63) is 89.1 Å². The van der Waals surface area contributed by atoms with E-state index in [-0.39, 0.29) is 17.8 Å². The van der Waals surface area contributed by atoms with E-state index in [1.807, 2.05) is 44.2 Å². The van der Waals surface area contributed by atoms with Crippen LogP contribution in [0.5, 0.6) is 0 Å². The van der Waals surface area contributed by atoms with Crippen molar-refractivity contribution in [1.29, 1.82) is 0 Å². The molecule has 0 N–H and O–H groups in total. The molecule has 1 amide bonds. The van der Waals surface area contributed by atoms with Crippen molar-refractivity contribution >= 4 is 35.5 Å². The van der Waals surface area contributed by atoms with Crippen LogP contribution in [0.3, 0.4) is 0 Å². The van der Waals surface area contributed by atoms with E-state index in [2.05, 4.69) is 57.3 Å². The molecule has 3 aromatic rings. The SMILES string of the molecule is CCOC(=O)C1CCCN(C(=O)c2ccc(CSc3nc(C)cc(N4CCN(C/C=C/c5ccccc5)CC4)n3)cc2)C1. The quantitative estimate of drug-likeness (QED) is 0.176. The number of esters is 1. The number of aromatic nitrogens is 2. The third kappa shape index (κ3) is 8.67. The highest BCUT2D eigenvalue weighted by Crippen LogP contribution is 2.25. The number of carbonyl (C=O) groups is 2. The van der Waals surface area contributed by atoms with E-state index in [1.165, 1.54) is 5.56 Å². The number of thioether (sulfide) groups is 1. The highest BCUT2D eigenvalue weighted by atomic mass is 32.2. The van der Waals surface area contributed by atoms with Gasteiger partial charge in [-0.3, -0.25) is 14.5 Å². The summed E-state index contributed by atoms with van der Waals surface area (Å²) in [7, 11) is 0. The lowest BCUT2D eigenvalue weighted by molar-refractivity contribution is -0.149. The number of likely N-dealkylation sites (tertiary alicyclic amines) is 1. The second-order valence-electron chi connectivity index (χ2n) is 11.1. The number of ether oxygens (including phenoxy) is 1. The van der Waals surface area contributed by atoms with Crippen LogP contribution in [0, 0.1) is 12.8 Å². The summed E-state index contributed by atoms with van der Waals surface area (Å²) in [6, 6.07) is 20.2. The molecule has 1 aromatic heterocycles. The van der Waals surface area contributed by atoms with Crippen molar-refractivity contribution in [2.75, 3.05) is 57.3 Å². The molecule has 3 heterocycles. The van der Waals surface area contributed by atoms with E-state index in [4.69, 9.17) is 9.72 Å². The smallest absolute Gasteiger partial charge is 0.310 e. The van der Waals surface area contributed by atoms with Gasteiger partial charge in [0.1, 0.15) is 5.82 Å². The number of carbonyl (C=O) groups excluding carboxylic acids is 2. The van der Waals surface area contributed by atoms with Crippen molar-refractivity contribution in [3.8, 4) is 0 Å². The van der Waals surface area contributed by atoms with Gasteiger partial charge in [0, 0.05) is 68.9 Å². The van der Waals surface area contributed by atoms with Gasteiger partial charge in [-0.2, -0.15) is 0 Å². The number of anilines is 1. The molecular weight excluding hydrogens is 558 g/mol. The molecule has 2 aliphatic rings. The lowest BCUT2D eigenvalue weighted by Gasteiger charge is -2.35. The molecule has 1 unspecified atom stereocenters. The summed E-state index contributed by atoms with van der Waals surface area (Å²) in [6.45, 7) is 10.1. The van der Waals surface area contributed by atoms with Crippen LogP contribution >= 0.6 is 11.8 Å².